The van der Waals surface area contributed by atoms with E-state index in [1.165, 1.54) is 17.3 Å². The number of para-hydroxylation sites is 1. The molecule has 158 valence electrons. The Morgan fingerprint density at radius 1 is 1.10 bits per heavy atom. The number of benzene rings is 2. The second-order valence-corrected chi connectivity index (χ2v) is 7.88. The smallest absolute Gasteiger partial charge is 0.315 e. The van der Waals surface area contributed by atoms with Crippen LogP contribution in [0.1, 0.15) is 17.8 Å². The molecule has 4 aromatic rings. The third kappa shape index (κ3) is 5.18. The van der Waals surface area contributed by atoms with Gasteiger partial charge < -0.3 is 4.52 Å². The summed E-state index contributed by atoms with van der Waals surface area (Å²) in [4.78, 5) is 34.0. The van der Waals surface area contributed by atoms with Crippen molar-refractivity contribution in [3.63, 3.8) is 0 Å². The molecular weight excluding hydrogens is 414 g/mol. The Labute approximate surface area is 182 Å². The number of carbonyl (C=O) groups is 1. The number of hydrogen-bond acceptors (Lipinski definition) is 7. The van der Waals surface area contributed by atoms with Crippen LogP contribution < -0.4 is 10.9 Å². The average Bonchev–Trinajstić information content (AvgIpc) is 3.19. The van der Waals surface area contributed by atoms with Crippen LogP contribution in [0.4, 0.5) is 6.01 Å². The normalized spacial score (nSPS) is 11.0. The number of anilines is 1. The molecule has 0 bridgehead atoms. The van der Waals surface area contributed by atoms with E-state index in [9.17, 15) is 9.59 Å². The summed E-state index contributed by atoms with van der Waals surface area (Å²) in [5.74, 6) is 0.184. The number of aryl methyl sites for hydroxylation is 2. The molecule has 0 unspecified atom stereocenters. The molecule has 2 heterocycles. The topological polar surface area (TPSA) is 103 Å². The highest BCUT2D eigenvalue weighted by atomic mass is 32.2. The van der Waals surface area contributed by atoms with Crippen molar-refractivity contribution in [2.45, 2.75) is 31.5 Å². The van der Waals surface area contributed by atoms with Crippen molar-refractivity contribution in [3.8, 4) is 0 Å². The summed E-state index contributed by atoms with van der Waals surface area (Å²) in [6.45, 7) is 2.18. The Hall–Kier alpha value is -3.46. The lowest BCUT2D eigenvalue weighted by Crippen LogP contribution is -2.24. The molecule has 0 saturated carbocycles. The molecule has 2 aromatic heterocycles. The van der Waals surface area contributed by atoms with Crippen molar-refractivity contribution in [2.24, 2.45) is 0 Å². The predicted octanol–water partition coefficient (Wildman–Crippen LogP) is 3.45. The SMILES string of the molecule is Cc1noc(NC(=O)CSc2nc3ccccc3c(=O)n2CCCc2ccccc2)n1. The van der Waals surface area contributed by atoms with Crippen LogP contribution in [0.5, 0.6) is 0 Å². The number of amides is 1. The molecule has 9 heteroatoms. The Bertz CT molecular complexity index is 1250. The molecule has 0 aliphatic rings. The van der Waals surface area contributed by atoms with Crippen LogP contribution in [0.3, 0.4) is 0 Å². The van der Waals surface area contributed by atoms with Crippen LogP contribution in [0, 0.1) is 6.92 Å². The number of thioether (sulfide) groups is 1. The predicted molar refractivity (Wildman–Crippen MR) is 119 cm³/mol. The first-order valence-corrected chi connectivity index (χ1v) is 10.8. The molecule has 0 atom stereocenters. The van der Waals surface area contributed by atoms with Gasteiger partial charge in [-0.15, -0.1) is 0 Å². The van der Waals surface area contributed by atoms with Crippen LogP contribution in [0.15, 0.2) is 69.1 Å². The highest BCUT2D eigenvalue weighted by Gasteiger charge is 2.14. The molecule has 1 N–H and O–H groups in total. The van der Waals surface area contributed by atoms with E-state index in [0.717, 1.165) is 12.8 Å². The summed E-state index contributed by atoms with van der Waals surface area (Å²) in [6.07, 6.45) is 1.63. The Kier molecular flexibility index (Phi) is 6.42. The lowest BCUT2D eigenvalue weighted by atomic mass is 10.1. The van der Waals surface area contributed by atoms with E-state index in [1.54, 1.807) is 23.6 Å². The van der Waals surface area contributed by atoms with Crippen LogP contribution >= 0.6 is 11.8 Å². The largest absolute Gasteiger partial charge is 0.328 e. The molecular formula is C22H21N5O3S. The molecule has 0 fully saturated rings. The fourth-order valence-corrected chi connectivity index (χ4v) is 4.00. The summed E-state index contributed by atoms with van der Waals surface area (Å²) in [5, 5.41) is 7.27. The van der Waals surface area contributed by atoms with Crippen molar-refractivity contribution in [1.29, 1.82) is 0 Å². The minimum atomic E-state index is -0.313. The lowest BCUT2D eigenvalue weighted by Gasteiger charge is -2.13. The first-order valence-electron chi connectivity index (χ1n) is 9.86. The molecule has 4 rings (SSSR count). The van der Waals surface area contributed by atoms with E-state index in [-0.39, 0.29) is 23.2 Å². The van der Waals surface area contributed by atoms with Crippen LogP contribution in [-0.2, 0) is 17.8 Å². The Morgan fingerprint density at radius 2 is 1.87 bits per heavy atom. The monoisotopic (exact) mass is 435 g/mol. The molecule has 0 radical (unpaired) electrons. The second-order valence-electron chi connectivity index (χ2n) is 6.94. The molecule has 0 aliphatic heterocycles. The molecule has 0 spiro atoms. The van der Waals surface area contributed by atoms with E-state index < -0.39 is 0 Å². The number of fused-ring (bicyclic) bond motifs is 1. The van der Waals surface area contributed by atoms with Gasteiger partial charge >= 0.3 is 6.01 Å². The second kappa shape index (κ2) is 9.57. The highest BCUT2D eigenvalue weighted by molar-refractivity contribution is 7.99. The first kappa shape index (κ1) is 20.8. The van der Waals surface area contributed by atoms with Gasteiger partial charge in [0.25, 0.3) is 5.56 Å². The zero-order chi connectivity index (χ0) is 21.6. The van der Waals surface area contributed by atoms with Gasteiger partial charge in [-0.25, -0.2) is 4.98 Å². The van der Waals surface area contributed by atoms with Gasteiger partial charge in [0, 0.05) is 6.54 Å². The summed E-state index contributed by atoms with van der Waals surface area (Å²) >= 11 is 1.21. The van der Waals surface area contributed by atoms with Gasteiger partial charge in [0.2, 0.25) is 5.91 Å². The number of hydrogen-bond donors (Lipinski definition) is 1. The number of rotatable bonds is 8. The molecule has 8 nitrogen and oxygen atoms in total. The number of nitrogens with zero attached hydrogens (tertiary/aromatic N) is 4. The summed E-state index contributed by atoms with van der Waals surface area (Å²) in [5.41, 5.74) is 1.73. The summed E-state index contributed by atoms with van der Waals surface area (Å²) in [7, 11) is 0. The van der Waals surface area contributed by atoms with Gasteiger partial charge in [-0.2, -0.15) is 4.98 Å². The van der Waals surface area contributed by atoms with Crippen LogP contribution in [0.2, 0.25) is 0 Å². The number of nitrogens with one attached hydrogen (secondary N) is 1. The standard InChI is InChI=1S/C22H21N5O3S/c1-15-23-21(30-26-15)25-19(28)14-31-22-24-18-12-6-5-11-17(18)20(29)27(22)13-7-10-16-8-3-2-4-9-16/h2-6,8-9,11-12H,7,10,13-14H2,1H3,(H,23,25,26,28). The van der Waals surface area contributed by atoms with Gasteiger partial charge in [0.05, 0.1) is 16.7 Å². The Morgan fingerprint density at radius 3 is 2.65 bits per heavy atom. The first-order chi connectivity index (χ1) is 15.1. The third-order valence-corrected chi connectivity index (χ3v) is 5.60. The lowest BCUT2D eigenvalue weighted by molar-refractivity contribution is -0.114. The maximum absolute atomic E-state index is 13.1. The van der Waals surface area contributed by atoms with Crippen molar-refractivity contribution in [3.05, 3.63) is 76.3 Å². The van der Waals surface area contributed by atoms with Gasteiger partial charge in [0.15, 0.2) is 11.0 Å². The highest BCUT2D eigenvalue weighted by Crippen LogP contribution is 2.19. The van der Waals surface area contributed by atoms with Gasteiger partial charge in [0.1, 0.15) is 0 Å². The van der Waals surface area contributed by atoms with Crippen LogP contribution in [-0.4, -0.2) is 31.4 Å². The van der Waals surface area contributed by atoms with E-state index in [4.69, 9.17) is 4.52 Å². The third-order valence-electron chi connectivity index (χ3n) is 4.62. The van der Waals surface area contributed by atoms with Crippen molar-refractivity contribution in [1.82, 2.24) is 19.7 Å². The quantitative estimate of drug-likeness (QED) is 0.334. The zero-order valence-corrected chi connectivity index (χ0v) is 17.8. The van der Waals surface area contributed by atoms with Crippen LogP contribution in [0.25, 0.3) is 10.9 Å². The minimum Gasteiger partial charge on any atom is -0.315 e. The van der Waals surface area contributed by atoms with E-state index in [0.29, 0.717) is 28.4 Å². The summed E-state index contributed by atoms with van der Waals surface area (Å²) < 4.78 is 6.56. The fraction of sp³-hybridized carbons (Fsp3) is 0.227. The molecule has 0 saturated heterocycles. The Balaban J connectivity index is 1.51. The molecule has 0 aliphatic carbocycles. The number of carbonyl (C=O) groups excluding carboxylic acids is 1. The van der Waals surface area contributed by atoms with Crippen molar-refractivity contribution < 1.29 is 9.32 Å². The van der Waals surface area contributed by atoms with Gasteiger partial charge in [-0.3, -0.25) is 19.5 Å². The van der Waals surface area contributed by atoms with E-state index in [2.05, 4.69) is 32.6 Å². The van der Waals surface area contributed by atoms with E-state index in [1.807, 2.05) is 30.3 Å². The summed E-state index contributed by atoms with van der Waals surface area (Å²) in [6, 6.07) is 17.4. The maximum atomic E-state index is 13.1. The molecule has 2 aromatic carbocycles. The van der Waals surface area contributed by atoms with Crippen molar-refractivity contribution in [2.75, 3.05) is 11.1 Å². The minimum absolute atomic E-state index is 0.0508. The van der Waals surface area contributed by atoms with Gasteiger partial charge in [-0.1, -0.05) is 59.4 Å². The fourth-order valence-electron chi connectivity index (χ4n) is 3.17. The molecule has 1 amide bonds. The van der Waals surface area contributed by atoms with Gasteiger partial charge in [-0.05, 0) is 37.5 Å². The zero-order valence-electron chi connectivity index (χ0n) is 16.9. The average molecular weight is 436 g/mol. The van der Waals surface area contributed by atoms with E-state index >= 15 is 0 Å². The molecule has 31 heavy (non-hydrogen) atoms. The maximum Gasteiger partial charge on any atom is 0.328 e. The van der Waals surface area contributed by atoms with Crippen molar-refractivity contribution >= 4 is 34.6 Å². The number of aromatic nitrogens is 4.